The molecule has 0 aliphatic rings. The van der Waals surface area contributed by atoms with E-state index >= 15 is 0 Å². The highest BCUT2D eigenvalue weighted by atomic mass is 32.2. The zero-order valence-electron chi connectivity index (χ0n) is 9.95. The molecule has 16 heavy (non-hydrogen) atoms. The number of nitrogens with zero attached hydrogens (tertiary/aromatic N) is 2. The second-order valence-corrected chi connectivity index (χ2v) is 4.86. The van der Waals surface area contributed by atoms with Gasteiger partial charge >= 0.3 is 0 Å². The van der Waals surface area contributed by atoms with Gasteiger partial charge in [-0.05, 0) is 31.6 Å². The lowest BCUT2D eigenvalue weighted by Gasteiger charge is -1.94. The fourth-order valence-corrected chi connectivity index (χ4v) is 2.09. The van der Waals surface area contributed by atoms with Crippen LogP contribution in [-0.4, -0.2) is 22.4 Å². The summed E-state index contributed by atoms with van der Waals surface area (Å²) in [5.74, 6) is 3.61. The van der Waals surface area contributed by atoms with Crippen LogP contribution in [0.2, 0.25) is 0 Å². The molecule has 4 nitrogen and oxygen atoms in total. The van der Waals surface area contributed by atoms with Crippen molar-refractivity contribution in [2.75, 3.05) is 12.3 Å². The number of thioether (sulfide) groups is 1. The Balaban J connectivity index is 2.17. The predicted molar refractivity (Wildman–Crippen MR) is 67.4 cm³/mol. The van der Waals surface area contributed by atoms with Gasteiger partial charge in [0.2, 0.25) is 5.89 Å². The Kier molecular flexibility index (Phi) is 7.25. The van der Waals surface area contributed by atoms with E-state index in [9.17, 15) is 0 Å². The summed E-state index contributed by atoms with van der Waals surface area (Å²) in [4.78, 5) is 4.35. The first-order valence-electron chi connectivity index (χ1n) is 5.96. The van der Waals surface area contributed by atoms with Crippen LogP contribution in [0.5, 0.6) is 0 Å². The number of aromatic nitrogens is 2. The van der Waals surface area contributed by atoms with E-state index < -0.39 is 0 Å². The Morgan fingerprint density at radius 1 is 1.31 bits per heavy atom. The molecule has 0 radical (unpaired) electrons. The molecular weight excluding hydrogens is 222 g/mol. The third-order valence-corrected chi connectivity index (χ3v) is 3.34. The normalized spacial score (nSPS) is 10.9. The minimum Gasteiger partial charge on any atom is -0.339 e. The van der Waals surface area contributed by atoms with Crippen LogP contribution in [0.1, 0.15) is 44.3 Å². The van der Waals surface area contributed by atoms with Crippen molar-refractivity contribution in [1.29, 1.82) is 0 Å². The third-order valence-electron chi connectivity index (χ3n) is 2.18. The zero-order chi connectivity index (χ0) is 11.6. The molecule has 5 heteroatoms. The van der Waals surface area contributed by atoms with Gasteiger partial charge in [-0.2, -0.15) is 16.7 Å². The van der Waals surface area contributed by atoms with Gasteiger partial charge in [0, 0.05) is 6.42 Å². The van der Waals surface area contributed by atoms with Gasteiger partial charge in [-0.25, -0.2) is 0 Å². The smallest absolute Gasteiger partial charge is 0.226 e. The zero-order valence-corrected chi connectivity index (χ0v) is 10.8. The summed E-state index contributed by atoms with van der Waals surface area (Å²) in [5, 5.41) is 3.96. The van der Waals surface area contributed by atoms with Crippen LogP contribution in [0, 0.1) is 0 Å². The van der Waals surface area contributed by atoms with Crippen LogP contribution in [0.4, 0.5) is 0 Å². The topological polar surface area (TPSA) is 64.9 Å². The SMILES string of the molecule is CCCSCc1noc(CCCCCN)n1. The second kappa shape index (κ2) is 8.58. The lowest BCUT2D eigenvalue weighted by molar-refractivity contribution is 0.370. The van der Waals surface area contributed by atoms with E-state index in [-0.39, 0.29) is 0 Å². The van der Waals surface area contributed by atoms with Crippen LogP contribution in [0.15, 0.2) is 4.52 Å². The number of rotatable bonds is 9. The van der Waals surface area contributed by atoms with Crippen molar-refractivity contribution in [3.05, 3.63) is 11.7 Å². The molecular formula is C11H21N3OS. The highest BCUT2D eigenvalue weighted by Crippen LogP contribution is 2.11. The summed E-state index contributed by atoms with van der Waals surface area (Å²) in [6.07, 6.45) is 5.37. The van der Waals surface area contributed by atoms with Gasteiger partial charge in [0.15, 0.2) is 5.82 Å². The van der Waals surface area contributed by atoms with Crippen LogP contribution in [0.3, 0.4) is 0 Å². The molecule has 0 fully saturated rings. The lowest BCUT2D eigenvalue weighted by Crippen LogP contribution is -1.98. The Bertz CT molecular complexity index is 278. The highest BCUT2D eigenvalue weighted by Gasteiger charge is 2.05. The van der Waals surface area contributed by atoms with Crippen LogP contribution >= 0.6 is 11.8 Å². The van der Waals surface area contributed by atoms with E-state index in [0.717, 1.165) is 55.4 Å². The van der Waals surface area contributed by atoms with E-state index in [1.54, 1.807) is 0 Å². The lowest BCUT2D eigenvalue weighted by atomic mass is 10.2. The third kappa shape index (κ3) is 5.51. The van der Waals surface area contributed by atoms with Crippen LogP contribution < -0.4 is 5.73 Å². The Morgan fingerprint density at radius 2 is 2.19 bits per heavy atom. The highest BCUT2D eigenvalue weighted by molar-refractivity contribution is 7.98. The van der Waals surface area contributed by atoms with Gasteiger partial charge in [0.1, 0.15) is 0 Å². The Morgan fingerprint density at radius 3 is 2.94 bits per heavy atom. The van der Waals surface area contributed by atoms with Gasteiger partial charge in [-0.15, -0.1) is 0 Å². The Labute approximate surface area is 101 Å². The molecule has 0 saturated carbocycles. The van der Waals surface area contributed by atoms with Gasteiger partial charge in [-0.1, -0.05) is 18.5 Å². The first kappa shape index (κ1) is 13.5. The minimum atomic E-state index is 0.767. The molecule has 0 spiro atoms. The predicted octanol–water partition coefficient (Wildman–Crippen LogP) is 2.38. The fraction of sp³-hybridized carbons (Fsp3) is 0.818. The van der Waals surface area contributed by atoms with Crippen molar-refractivity contribution in [2.24, 2.45) is 5.73 Å². The molecule has 1 rings (SSSR count). The summed E-state index contributed by atoms with van der Waals surface area (Å²) >= 11 is 1.85. The second-order valence-electron chi connectivity index (χ2n) is 3.76. The van der Waals surface area contributed by atoms with Gasteiger partial charge in [0.25, 0.3) is 0 Å². The summed E-state index contributed by atoms with van der Waals surface area (Å²) in [5.41, 5.74) is 5.43. The molecule has 0 bridgehead atoms. The van der Waals surface area contributed by atoms with E-state index in [1.165, 1.54) is 6.42 Å². The Hall–Kier alpha value is -0.550. The molecule has 0 atom stereocenters. The maximum Gasteiger partial charge on any atom is 0.226 e. The minimum absolute atomic E-state index is 0.767. The van der Waals surface area contributed by atoms with E-state index in [1.807, 2.05) is 11.8 Å². The molecule has 92 valence electrons. The largest absolute Gasteiger partial charge is 0.339 e. The number of aryl methyl sites for hydroxylation is 1. The van der Waals surface area contributed by atoms with E-state index in [2.05, 4.69) is 17.1 Å². The first-order chi connectivity index (χ1) is 7.86. The molecule has 0 amide bonds. The molecule has 0 aliphatic heterocycles. The average Bonchev–Trinajstić information content (AvgIpc) is 2.73. The van der Waals surface area contributed by atoms with Crippen molar-refractivity contribution < 1.29 is 4.52 Å². The summed E-state index contributed by atoms with van der Waals surface area (Å²) < 4.78 is 5.17. The number of hydrogen-bond donors (Lipinski definition) is 1. The molecule has 2 N–H and O–H groups in total. The first-order valence-corrected chi connectivity index (χ1v) is 7.11. The molecule has 1 heterocycles. The van der Waals surface area contributed by atoms with Crippen molar-refractivity contribution >= 4 is 11.8 Å². The maximum atomic E-state index is 5.43. The monoisotopic (exact) mass is 243 g/mol. The van der Waals surface area contributed by atoms with Crippen molar-refractivity contribution in [3.8, 4) is 0 Å². The van der Waals surface area contributed by atoms with Gasteiger partial charge in [-0.3, -0.25) is 0 Å². The molecule has 1 aromatic heterocycles. The molecule has 1 aromatic rings. The summed E-state index contributed by atoms with van der Waals surface area (Å²) in [6, 6.07) is 0. The molecule has 0 unspecified atom stereocenters. The number of nitrogens with two attached hydrogens (primary N) is 1. The number of hydrogen-bond acceptors (Lipinski definition) is 5. The molecule has 0 aliphatic carbocycles. The standard InChI is InChI=1S/C11H21N3OS/c1-2-8-16-9-10-13-11(15-14-10)6-4-3-5-7-12/h2-9,12H2,1H3. The number of unbranched alkanes of at least 4 members (excludes halogenated alkanes) is 2. The van der Waals surface area contributed by atoms with Crippen molar-refractivity contribution in [3.63, 3.8) is 0 Å². The summed E-state index contributed by atoms with van der Waals surface area (Å²) in [7, 11) is 0. The van der Waals surface area contributed by atoms with Crippen molar-refractivity contribution in [2.45, 2.75) is 44.8 Å². The van der Waals surface area contributed by atoms with E-state index in [0.29, 0.717) is 0 Å². The molecule has 0 aromatic carbocycles. The van der Waals surface area contributed by atoms with Crippen LogP contribution in [0.25, 0.3) is 0 Å². The maximum absolute atomic E-state index is 5.43. The molecule has 0 saturated heterocycles. The van der Waals surface area contributed by atoms with E-state index in [4.69, 9.17) is 10.3 Å². The van der Waals surface area contributed by atoms with Gasteiger partial charge in [0.05, 0.1) is 5.75 Å². The fourth-order valence-electron chi connectivity index (χ4n) is 1.36. The van der Waals surface area contributed by atoms with Crippen LogP contribution in [-0.2, 0) is 12.2 Å². The quantitative estimate of drug-likeness (QED) is 0.675. The average molecular weight is 243 g/mol. The van der Waals surface area contributed by atoms with Crippen molar-refractivity contribution in [1.82, 2.24) is 10.1 Å². The summed E-state index contributed by atoms with van der Waals surface area (Å²) in [6.45, 7) is 2.94. The van der Waals surface area contributed by atoms with Gasteiger partial charge < -0.3 is 10.3 Å².